The molecule has 2 rings (SSSR count). The monoisotopic (exact) mass is 368 g/mol. The standard InChI is InChI=1S/C14H21ClN2O3S.ClH/c1-14(2)9-17(7-6-13(14)16)21(18,19)10-4-5-12(20-3)11(15)8-10;/h4-5,8,13H,6-7,9,16H2,1-3H3;1H. The van der Waals surface area contributed by atoms with E-state index in [4.69, 9.17) is 22.1 Å². The third kappa shape index (κ3) is 3.68. The zero-order chi connectivity index (χ0) is 15.8. The maximum absolute atomic E-state index is 12.7. The van der Waals surface area contributed by atoms with Crippen molar-refractivity contribution in [1.29, 1.82) is 0 Å². The second kappa shape index (κ2) is 6.93. The maximum Gasteiger partial charge on any atom is 0.243 e. The largest absolute Gasteiger partial charge is 0.495 e. The Morgan fingerprint density at radius 3 is 2.55 bits per heavy atom. The van der Waals surface area contributed by atoms with Crippen molar-refractivity contribution >= 4 is 34.0 Å². The van der Waals surface area contributed by atoms with Crippen LogP contribution in [0.15, 0.2) is 23.1 Å². The SMILES string of the molecule is COc1ccc(S(=O)(=O)N2CCC(N)C(C)(C)C2)cc1Cl.Cl. The van der Waals surface area contributed by atoms with Gasteiger partial charge < -0.3 is 10.5 Å². The summed E-state index contributed by atoms with van der Waals surface area (Å²) in [4.78, 5) is 0.180. The van der Waals surface area contributed by atoms with Gasteiger partial charge in [-0.25, -0.2) is 8.42 Å². The Morgan fingerprint density at radius 1 is 1.41 bits per heavy atom. The number of piperidine rings is 1. The molecular formula is C14H22Cl2N2O3S. The number of halogens is 2. The first kappa shape index (κ1) is 19.5. The van der Waals surface area contributed by atoms with E-state index in [0.29, 0.717) is 25.3 Å². The van der Waals surface area contributed by atoms with Crippen LogP contribution in [-0.4, -0.2) is 39.0 Å². The van der Waals surface area contributed by atoms with Crippen molar-refractivity contribution in [1.82, 2.24) is 4.31 Å². The van der Waals surface area contributed by atoms with Crippen LogP contribution in [-0.2, 0) is 10.0 Å². The molecule has 1 unspecified atom stereocenters. The number of hydrogen-bond acceptors (Lipinski definition) is 4. The molecule has 0 aromatic heterocycles. The highest BCUT2D eigenvalue weighted by Gasteiger charge is 2.38. The van der Waals surface area contributed by atoms with E-state index in [0.717, 1.165) is 0 Å². The minimum Gasteiger partial charge on any atom is -0.495 e. The van der Waals surface area contributed by atoms with Crippen LogP contribution < -0.4 is 10.5 Å². The summed E-state index contributed by atoms with van der Waals surface area (Å²) in [7, 11) is -2.08. The zero-order valence-corrected chi connectivity index (χ0v) is 15.3. The number of nitrogens with two attached hydrogens (primary N) is 1. The van der Waals surface area contributed by atoms with Crippen molar-refractivity contribution in [3.05, 3.63) is 23.2 Å². The average Bonchev–Trinajstić information content (AvgIpc) is 2.41. The van der Waals surface area contributed by atoms with Crippen LogP contribution in [0.3, 0.4) is 0 Å². The molecule has 1 aliphatic rings. The minimum absolute atomic E-state index is 0. The first-order chi connectivity index (χ1) is 9.68. The molecule has 1 heterocycles. The first-order valence-electron chi connectivity index (χ1n) is 6.78. The van der Waals surface area contributed by atoms with Crippen LogP contribution in [0.4, 0.5) is 0 Å². The molecule has 1 aliphatic heterocycles. The highest BCUT2D eigenvalue weighted by Crippen LogP contribution is 2.33. The fraction of sp³-hybridized carbons (Fsp3) is 0.571. The molecule has 8 heteroatoms. The fourth-order valence-corrected chi connectivity index (χ4v) is 4.46. The smallest absolute Gasteiger partial charge is 0.243 e. The summed E-state index contributed by atoms with van der Waals surface area (Å²) < 4.78 is 32.0. The lowest BCUT2D eigenvalue weighted by Gasteiger charge is -2.41. The lowest BCUT2D eigenvalue weighted by Crippen LogP contribution is -2.53. The number of hydrogen-bond donors (Lipinski definition) is 1. The van der Waals surface area contributed by atoms with Crippen molar-refractivity contribution in [3.8, 4) is 5.75 Å². The van der Waals surface area contributed by atoms with Crippen LogP contribution in [0.5, 0.6) is 5.75 Å². The molecule has 1 aromatic rings. The lowest BCUT2D eigenvalue weighted by atomic mass is 9.81. The second-order valence-corrected chi connectivity index (χ2v) is 8.36. The van der Waals surface area contributed by atoms with E-state index in [1.165, 1.54) is 23.5 Å². The maximum atomic E-state index is 12.7. The zero-order valence-electron chi connectivity index (χ0n) is 12.9. The lowest BCUT2D eigenvalue weighted by molar-refractivity contribution is 0.155. The summed E-state index contributed by atoms with van der Waals surface area (Å²) in [6.45, 7) is 4.80. The van der Waals surface area contributed by atoms with E-state index in [1.54, 1.807) is 6.07 Å². The number of rotatable bonds is 3. The minimum atomic E-state index is -3.57. The molecule has 0 radical (unpaired) electrons. The highest BCUT2D eigenvalue weighted by molar-refractivity contribution is 7.89. The predicted molar refractivity (Wildman–Crippen MR) is 90.4 cm³/mol. The van der Waals surface area contributed by atoms with Crippen molar-refractivity contribution in [2.24, 2.45) is 11.1 Å². The van der Waals surface area contributed by atoms with Gasteiger partial charge in [0.15, 0.2) is 0 Å². The molecule has 5 nitrogen and oxygen atoms in total. The predicted octanol–water partition coefficient (Wildman–Crippen LogP) is 2.52. The molecule has 22 heavy (non-hydrogen) atoms. The Labute approximate surface area is 143 Å². The summed E-state index contributed by atoms with van der Waals surface area (Å²) in [6.07, 6.45) is 0.649. The van der Waals surface area contributed by atoms with E-state index in [9.17, 15) is 8.42 Å². The highest BCUT2D eigenvalue weighted by atomic mass is 35.5. The van der Waals surface area contributed by atoms with Gasteiger partial charge in [0, 0.05) is 19.1 Å². The molecule has 1 atom stereocenters. The van der Waals surface area contributed by atoms with Gasteiger partial charge >= 0.3 is 0 Å². The Hall–Kier alpha value is -0.530. The number of nitrogens with zero attached hydrogens (tertiary/aromatic N) is 1. The van der Waals surface area contributed by atoms with Crippen molar-refractivity contribution in [2.45, 2.75) is 31.2 Å². The van der Waals surface area contributed by atoms with E-state index in [1.807, 2.05) is 13.8 Å². The van der Waals surface area contributed by atoms with Gasteiger partial charge in [0.25, 0.3) is 0 Å². The van der Waals surface area contributed by atoms with Crippen molar-refractivity contribution < 1.29 is 13.2 Å². The molecule has 126 valence electrons. The molecule has 1 aromatic carbocycles. The Morgan fingerprint density at radius 2 is 2.05 bits per heavy atom. The average molecular weight is 369 g/mol. The van der Waals surface area contributed by atoms with Crippen LogP contribution in [0.2, 0.25) is 5.02 Å². The fourth-order valence-electron chi connectivity index (χ4n) is 2.49. The summed E-state index contributed by atoms with van der Waals surface area (Å²) >= 11 is 6.03. The van der Waals surface area contributed by atoms with Crippen LogP contribution in [0, 0.1) is 5.41 Å². The van der Waals surface area contributed by atoms with E-state index in [-0.39, 0.29) is 33.8 Å². The van der Waals surface area contributed by atoms with E-state index in [2.05, 4.69) is 0 Å². The van der Waals surface area contributed by atoms with Gasteiger partial charge in [-0.1, -0.05) is 25.4 Å². The van der Waals surface area contributed by atoms with Crippen LogP contribution in [0.25, 0.3) is 0 Å². The Balaban J connectivity index is 0.00000242. The quantitative estimate of drug-likeness (QED) is 0.889. The number of ether oxygens (including phenoxy) is 1. The molecule has 1 fully saturated rings. The van der Waals surface area contributed by atoms with Crippen molar-refractivity contribution in [3.63, 3.8) is 0 Å². The molecule has 0 saturated carbocycles. The molecule has 0 bridgehead atoms. The molecule has 1 saturated heterocycles. The van der Waals surface area contributed by atoms with E-state index < -0.39 is 10.0 Å². The second-order valence-electron chi connectivity index (χ2n) is 6.02. The van der Waals surface area contributed by atoms with Crippen LogP contribution in [0.1, 0.15) is 20.3 Å². The third-order valence-electron chi connectivity index (χ3n) is 4.04. The number of methoxy groups -OCH3 is 1. The summed E-state index contributed by atoms with van der Waals surface area (Å²) in [5.41, 5.74) is 5.81. The van der Waals surface area contributed by atoms with Gasteiger partial charge in [-0.05, 0) is 30.0 Å². The van der Waals surface area contributed by atoms with Gasteiger partial charge in [0.1, 0.15) is 5.75 Å². The third-order valence-corrected chi connectivity index (χ3v) is 6.17. The normalized spacial score (nSPS) is 22.0. The topological polar surface area (TPSA) is 72.6 Å². The first-order valence-corrected chi connectivity index (χ1v) is 8.59. The molecule has 0 spiro atoms. The summed E-state index contributed by atoms with van der Waals surface area (Å²) in [5, 5.41) is 0.284. The Kier molecular flexibility index (Phi) is 6.14. The van der Waals surface area contributed by atoms with Gasteiger partial charge in [-0.2, -0.15) is 4.31 Å². The van der Waals surface area contributed by atoms with Gasteiger partial charge in [0.2, 0.25) is 10.0 Å². The van der Waals surface area contributed by atoms with Gasteiger partial charge in [0.05, 0.1) is 17.0 Å². The number of sulfonamides is 1. The van der Waals surface area contributed by atoms with Gasteiger partial charge in [-0.15, -0.1) is 12.4 Å². The Bertz CT molecular complexity index is 635. The van der Waals surface area contributed by atoms with E-state index >= 15 is 0 Å². The molecule has 0 aliphatic carbocycles. The molecule has 0 amide bonds. The summed E-state index contributed by atoms with van der Waals surface area (Å²) in [5.74, 6) is 0.455. The molecular weight excluding hydrogens is 347 g/mol. The molecule has 2 N–H and O–H groups in total. The van der Waals surface area contributed by atoms with Gasteiger partial charge in [-0.3, -0.25) is 0 Å². The summed E-state index contributed by atoms with van der Waals surface area (Å²) in [6, 6.07) is 4.51. The van der Waals surface area contributed by atoms with Crippen molar-refractivity contribution in [2.75, 3.05) is 20.2 Å². The number of benzene rings is 1. The van der Waals surface area contributed by atoms with Crippen LogP contribution >= 0.6 is 24.0 Å².